The van der Waals surface area contributed by atoms with Gasteiger partial charge < -0.3 is 10.3 Å². The summed E-state index contributed by atoms with van der Waals surface area (Å²) in [4.78, 5) is 17.6. The lowest BCUT2D eigenvalue weighted by atomic mass is 10.1. The van der Waals surface area contributed by atoms with Crippen LogP contribution in [0.5, 0.6) is 0 Å². The van der Waals surface area contributed by atoms with Crippen LogP contribution in [0.1, 0.15) is 36.9 Å². The molecule has 4 rings (SSSR count). The van der Waals surface area contributed by atoms with E-state index < -0.39 is 11.6 Å². The Kier molecular flexibility index (Phi) is 4.69. The van der Waals surface area contributed by atoms with Crippen LogP contribution >= 0.6 is 0 Å². The number of nitrogens with zero attached hydrogens (tertiary/aromatic N) is 1. The van der Waals surface area contributed by atoms with Crippen LogP contribution in [0, 0.1) is 24.5 Å². The van der Waals surface area contributed by atoms with Crippen LogP contribution in [-0.2, 0) is 11.2 Å². The number of aromatic nitrogens is 1. The smallest absolute Gasteiger partial charge is 0.221 e. The topological polar surface area (TPSA) is 48.1 Å². The molecule has 140 valence electrons. The third-order valence-corrected chi connectivity index (χ3v) is 5.99. The Labute approximate surface area is 151 Å². The average Bonchev–Trinajstić information content (AvgIpc) is 3.29. The highest BCUT2D eigenvalue weighted by Crippen LogP contribution is 2.37. The van der Waals surface area contributed by atoms with Crippen molar-refractivity contribution in [1.82, 2.24) is 15.2 Å². The van der Waals surface area contributed by atoms with Gasteiger partial charge in [0.05, 0.1) is 5.52 Å². The summed E-state index contributed by atoms with van der Waals surface area (Å²) < 4.78 is 27.4. The molecule has 4 nitrogen and oxygen atoms in total. The number of carbonyl (C=O) groups excluding carboxylic acids is 1. The van der Waals surface area contributed by atoms with Gasteiger partial charge in [0.25, 0.3) is 0 Å². The predicted octanol–water partition coefficient (Wildman–Crippen LogP) is 3.29. The quantitative estimate of drug-likeness (QED) is 0.829. The van der Waals surface area contributed by atoms with Crippen molar-refractivity contribution >= 4 is 16.8 Å². The minimum Gasteiger partial charge on any atom is -0.356 e. The normalized spacial score (nSPS) is 22.4. The molecule has 2 N–H and O–H groups in total. The second-order valence-electron chi connectivity index (χ2n) is 7.72. The molecule has 0 spiro atoms. The summed E-state index contributed by atoms with van der Waals surface area (Å²) in [5, 5.41) is 3.50. The van der Waals surface area contributed by atoms with Crippen LogP contribution in [0.2, 0.25) is 0 Å². The first-order chi connectivity index (χ1) is 12.5. The number of H-pyrrole nitrogens is 1. The number of nitrogens with one attached hydrogen (secondary N) is 2. The van der Waals surface area contributed by atoms with Crippen molar-refractivity contribution in [2.75, 3.05) is 19.6 Å². The SMILES string of the molecule is Cc1[nH]c2c(F)cc(F)cc2c1CCNC(=O)CCN1C[C@H]2CC[C@@H]1C2. The molecule has 1 saturated carbocycles. The third kappa shape index (κ3) is 3.34. The molecule has 1 aromatic heterocycles. The van der Waals surface area contributed by atoms with Gasteiger partial charge in [0.2, 0.25) is 5.91 Å². The van der Waals surface area contributed by atoms with Crippen molar-refractivity contribution in [2.45, 2.75) is 45.1 Å². The Morgan fingerprint density at radius 3 is 2.92 bits per heavy atom. The van der Waals surface area contributed by atoms with Crippen LogP contribution in [-0.4, -0.2) is 41.5 Å². The number of aromatic amines is 1. The van der Waals surface area contributed by atoms with E-state index in [9.17, 15) is 13.6 Å². The lowest BCUT2D eigenvalue weighted by molar-refractivity contribution is -0.121. The Bertz CT molecular complexity index is 832. The van der Waals surface area contributed by atoms with E-state index in [1.165, 1.54) is 25.3 Å². The van der Waals surface area contributed by atoms with Crippen LogP contribution < -0.4 is 5.32 Å². The number of halogens is 2. The summed E-state index contributed by atoms with van der Waals surface area (Å²) in [6.45, 7) is 4.28. The fourth-order valence-corrected chi connectivity index (χ4v) is 4.69. The highest BCUT2D eigenvalue weighted by molar-refractivity contribution is 5.85. The van der Waals surface area contributed by atoms with Crippen molar-refractivity contribution in [3.05, 3.63) is 35.0 Å². The van der Waals surface area contributed by atoms with E-state index in [1.807, 2.05) is 6.92 Å². The van der Waals surface area contributed by atoms with Gasteiger partial charge in [-0.15, -0.1) is 0 Å². The third-order valence-electron chi connectivity index (χ3n) is 5.99. The van der Waals surface area contributed by atoms with Crippen LogP contribution in [0.4, 0.5) is 8.78 Å². The van der Waals surface area contributed by atoms with Gasteiger partial charge in [-0.25, -0.2) is 8.78 Å². The summed E-state index contributed by atoms with van der Waals surface area (Å²) >= 11 is 0. The van der Waals surface area contributed by atoms with Crippen molar-refractivity contribution in [2.24, 2.45) is 5.92 Å². The number of hydrogen-bond acceptors (Lipinski definition) is 2. The number of rotatable bonds is 6. The number of fused-ring (bicyclic) bond motifs is 3. The zero-order chi connectivity index (χ0) is 18.3. The summed E-state index contributed by atoms with van der Waals surface area (Å²) in [7, 11) is 0. The van der Waals surface area contributed by atoms with E-state index >= 15 is 0 Å². The number of carbonyl (C=O) groups is 1. The lowest BCUT2D eigenvalue weighted by Crippen LogP contribution is -2.36. The standard InChI is InChI=1S/C20H25F2N3O/c1-12-16(17-9-14(21)10-18(22)20(17)24-12)4-6-23-19(26)5-7-25-11-13-2-3-15(25)8-13/h9-10,13,15,24H,2-8,11H2,1H3,(H,23,26)/t13-,15+/m0/s1. The van der Waals surface area contributed by atoms with Crippen molar-refractivity contribution in [3.8, 4) is 0 Å². The highest BCUT2D eigenvalue weighted by Gasteiger charge is 2.37. The Morgan fingerprint density at radius 1 is 1.35 bits per heavy atom. The van der Waals surface area contributed by atoms with Gasteiger partial charge in [-0.05, 0) is 50.2 Å². The Balaban J connectivity index is 1.30. The fourth-order valence-electron chi connectivity index (χ4n) is 4.69. The maximum absolute atomic E-state index is 13.9. The molecule has 0 radical (unpaired) electrons. The second kappa shape index (κ2) is 6.99. The second-order valence-corrected chi connectivity index (χ2v) is 7.72. The van der Waals surface area contributed by atoms with Gasteiger partial charge in [-0.1, -0.05) is 0 Å². The van der Waals surface area contributed by atoms with E-state index in [4.69, 9.17) is 0 Å². The molecule has 6 heteroatoms. The highest BCUT2D eigenvalue weighted by atomic mass is 19.1. The fraction of sp³-hybridized carbons (Fsp3) is 0.550. The van der Waals surface area contributed by atoms with E-state index in [2.05, 4.69) is 15.2 Å². The molecule has 0 unspecified atom stereocenters. The molecule has 1 amide bonds. The molecule has 26 heavy (non-hydrogen) atoms. The predicted molar refractivity (Wildman–Crippen MR) is 97.0 cm³/mol. The maximum atomic E-state index is 13.9. The molecule has 2 atom stereocenters. The summed E-state index contributed by atoms with van der Waals surface area (Å²) in [5.41, 5.74) is 2.00. The first-order valence-electron chi connectivity index (χ1n) is 9.48. The van der Waals surface area contributed by atoms with Gasteiger partial charge in [0.1, 0.15) is 11.6 Å². The van der Waals surface area contributed by atoms with Crippen LogP contribution in [0.25, 0.3) is 10.9 Å². The molecule has 1 aromatic carbocycles. The van der Waals surface area contributed by atoms with Crippen LogP contribution in [0.15, 0.2) is 12.1 Å². The van der Waals surface area contributed by atoms with Gasteiger partial charge in [0.15, 0.2) is 0 Å². The van der Waals surface area contributed by atoms with Gasteiger partial charge in [0, 0.05) is 49.2 Å². The van der Waals surface area contributed by atoms with Gasteiger partial charge in [-0.2, -0.15) is 0 Å². The van der Waals surface area contributed by atoms with Crippen LogP contribution in [0.3, 0.4) is 0 Å². The largest absolute Gasteiger partial charge is 0.356 e. The maximum Gasteiger partial charge on any atom is 0.221 e. The number of hydrogen-bond donors (Lipinski definition) is 2. The molecule has 1 saturated heterocycles. The number of likely N-dealkylation sites (tertiary alicyclic amines) is 1. The summed E-state index contributed by atoms with van der Waals surface area (Å²) in [5.74, 6) is -0.283. The number of amides is 1. The summed E-state index contributed by atoms with van der Waals surface area (Å²) in [6, 6.07) is 2.92. The van der Waals surface area contributed by atoms with Gasteiger partial charge >= 0.3 is 0 Å². The Hall–Kier alpha value is -1.95. The first-order valence-corrected chi connectivity index (χ1v) is 9.48. The zero-order valence-corrected chi connectivity index (χ0v) is 15.1. The van der Waals surface area contributed by atoms with Crippen molar-refractivity contribution < 1.29 is 13.6 Å². The van der Waals surface area contributed by atoms with E-state index in [0.29, 0.717) is 36.3 Å². The molecule has 2 aliphatic rings. The number of piperidine rings is 1. The minimum absolute atomic E-state index is 0.0441. The molecule has 1 aliphatic carbocycles. The van der Waals surface area contributed by atoms with E-state index in [-0.39, 0.29) is 5.91 Å². The molecule has 2 bridgehead atoms. The molecule has 1 aliphatic heterocycles. The monoisotopic (exact) mass is 361 g/mol. The van der Waals surface area contributed by atoms with Crippen molar-refractivity contribution in [1.29, 1.82) is 0 Å². The Morgan fingerprint density at radius 2 is 2.19 bits per heavy atom. The number of benzene rings is 1. The molecular weight excluding hydrogens is 336 g/mol. The van der Waals surface area contributed by atoms with E-state index in [0.717, 1.165) is 36.3 Å². The molecular formula is C20H25F2N3O. The lowest BCUT2D eigenvalue weighted by Gasteiger charge is -2.26. The zero-order valence-electron chi connectivity index (χ0n) is 15.1. The first kappa shape index (κ1) is 17.5. The molecule has 2 fully saturated rings. The van der Waals surface area contributed by atoms with Gasteiger partial charge in [-0.3, -0.25) is 9.69 Å². The summed E-state index contributed by atoms with van der Waals surface area (Å²) in [6.07, 6.45) is 4.99. The average molecular weight is 361 g/mol. The number of aryl methyl sites for hydroxylation is 1. The molecule has 2 heterocycles. The van der Waals surface area contributed by atoms with Crippen molar-refractivity contribution in [3.63, 3.8) is 0 Å². The minimum atomic E-state index is -0.585. The molecule has 2 aromatic rings. The van der Waals surface area contributed by atoms with E-state index in [1.54, 1.807) is 0 Å².